The molecule has 0 saturated heterocycles. The van der Waals surface area contributed by atoms with Crippen LogP contribution < -0.4 is 9.64 Å². The summed E-state index contributed by atoms with van der Waals surface area (Å²) in [6.07, 6.45) is 0. The number of fused-ring (bicyclic) bond motifs is 2. The largest absolute Gasteiger partial charge is 0.442 e. The lowest BCUT2D eigenvalue weighted by Crippen LogP contribution is -2.19. The molecule has 0 fully saturated rings. The standard InChI is InChI=1S/C23H25NOS/c1-14-11-17(23(4,5)6)12-15(2)20(14)24-18-9-7-8-10-19(18)25-22-21(24)16(3)13-26-22/h7-13H,1-6H3. The molecule has 1 aliphatic rings. The van der Waals surface area contributed by atoms with Crippen LogP contribution in [0.2, 0.25) is 0 Å². The van der Waals surface area contributed by atoms with Gasteiger partial charge in [-0.15, -0.1) is 11.3 Å². The Hall–Kier alpha value is -2.26. The minimum Gasteiger partial charge on any atom is -0.442 e. The van der Waals surface area contributed by atoms with E-state index in [4.69, 9.17) is 4.74 Å². The molecule has 0 unspecified atom stereocenters. The lowest BCUT2D eigenvalue weighted by atomic mass is 9.84. The van der Waals surface area contributed by atoms with Gasteiger partial charge >= 0.3 is 0 Å². The lowest BCUT2D eigenvalue weighted by molar-refractivity contribution is 0.490. The first-order valence-corrected chi connectivity index (χ1v) is 9.92. The van der Waals surface area contributed by atoms with E-state index in [0.29, 0.717) is 0 Å². The number of benzene rings is 2. The molecular weight excluding hydrogens is 338 g/mol. The van der Waals surface area contributed by atoms with Crippen LogP contribution in [0.3, 0.4) is 0 Å². The fourth-order valence-corrected chi connectivity index (χ4v) is 4.57. The number of hydrogen-bond donors (Lipinski definition) is 0. The molecule has 1 aliphatic heterocycles. The molecule has 0 atom stereocenters. The zero-order valence-electron chi connectivity index (χ0n) is 16.3. The van der Waals surface area contributed by atoms with E-state index in [2.05, 4.69) is 82.2 Å². The maximum Gasteiger partial charge on any atom is 0.205 e. The second-order valence-corrected chi connectivity index (χ2v) is 9.01. The number of hydrogen-bond acceptors (Lipinski definition) is 3. The Morgan fingerprint density at radius 1 is 0.885 bits per heavy atom. The SMILES string of the molecule is Cc1cc(C(C)(C)C)cc(C)c1N1c2ccccc2Oc2scc(C)c21. The average molecular weight is 364 g/mol. The highest BCUT2D eigenvalue weighted by Crippen LogP contribution is 2.55. The topological polar surface area (TPSA) is 12.5 Å². The highest BCUT2D eigenvalue weighted by molar-refractivity contribution is 7.12. The van der Waals surface area contributed by atoms with Crippen molar-refractivity contribution in [2.45, 2.75) is 47.0 Å². The predicted octanol–water partition coefficient (Wildman–Crippen LogP) is 7.55. The zero-order chi connectivity index (χ0) is 18.6. The first-order valence-electron chi connectivity index (χ1n) is 9.04. The number of thiophene rings is 1. The lowest BCUT2D eigenvalue weighted by Gasteiger charge is -2.34. The average Bonchev–Trinajstić information content (AvgIpc) is 2.93. The molecule has 0 amide bonds. The molecule has 4 rings (SSSR count). The third-order valence-corrected chi connectivity index (χ3v) is 5.98. The van der Waals surface area contributed by atoms with Crippen molar-refractivity contribution in [1.29, 1.82) is 0 Å². The van der Waals surface area contributed by atoms with Gasteiger partial charge in [0.2, 0.25) is 5.06 Å². The quantitative estimate of drug-likeness (QED) is 0.346. The smallest absolute Gasteiger partial charge is 0.205 e. The molecular formula is C23H25NOS. The second kappa shape index (κ2) is 5.88. The van der Waals surface area contributed by atoms with Crippen molar-refractivity contribution in [2.75, 3.05) is 4.90 Å². The minimum absolute atomic E-state index is 0.139. The van der Waals surface area contributed by atoms with Crippen LogP contribution in [0, 0.1) is 20.8 Å². The summed E-state index contributed by atoms with van der Waals surface area (Å²) in [6.45, 7) is 13.4. The monoisotopic (exact) mass is 363 g/mol. The van der Waals surface area contributed by atoms with Crippen molar-refractivity contribution in [3.05, 3.63) is 64.0 Å². The molecule has 2 nitrogen and oxygen atoms in total. The molecule has 0 radical (unpaired) electrons. The maximum absolute atomic E-state index is 6.18. The molecule has 1 aromatic heterocycles. The molecule has 0 spiro atoms. The van der Waals surface area contributed by atoms with Gasteiger partial charge in [-0.3, -0.25) is 0 Å². The number of aryl methyl sites for hydroxylation is 3. The van der Waals surface area contributed by atoms with Crippen molar-refractivity contribution in [2.24, 2.45) is 0 Å². The fourth-order valence-electron chi connectivity index (χ4n) is 3.68. The summed E-state index contributed by atoms with van der Waals surface area (Å²) in [7, 11) is 0. The van der Waals surface area contributed by atoms with Crippen LogP contribution >= 0.6 is 11.3 Å². The second-order valence-electron chi connectivity index (χ2n) is 8.17. The highest BCUT2D eigenvalue weighted by Gasteiger charge is 2.31. The molecule has 0 N–H and O–H groups in total. The molecule has 0 aliphatic carbocycles. The van der Waals surface area contributed by atoms with Gasteiger partial charge in [-0.25, -0.2) is 0 Å². The van der Waals surface area contributed by atoms with Gasteiger partial charge in [0, 0.05) is 0 Å². The van der Waals surface area contributed by atoms with Crippen molar-refractivity contribution in [3.8, 4) is 10.8 Å². The van der Waals surface area contributed by atoms with Gasteiger partial charge in [0.1, 0.15) is 5.69 Å². The number of ether oxygens (including phenoxy) is 1. The minimum atomic E-state index is 0.139. The van der Waals surface area contributed by atoms with Crippen LogP contribution in [0.5, 0.6) is 10.8 Å². The van der Waals surface area contributed by atoms with Crippen LogP contribution in [0.1, 0.15) is 43.0 Å². The first kappa shape index (κ1) is 17.2. The third kappa shape index (κ3) is 2.62. The highest BCUT2D eigenvalue weighted by atomic mass is 32.1. The van der Waals surface area contributed by atoms with E-state index < -0.39 is 0 Å². The first-order chi connectivity index (χ1) is 12.3. The van der Waals surface area contributed by atoms with E-state index >= 15 is 0 Å². The van der Waals surface area contributed by atoms with E-state index in [-0.39, 0.29) is 5.41 Å². The normalized spacial score (nSPS) is 13.2. The molecule has 134 valence electrons. The van der Waals surface area contributed by atoms with Gasteiger partial charge < -0.3 is 9.64 Å². The summed E-state index contributed by atoms with van der Waals surface area (Å²) in [5.74, 6) is 0.917. The Bertz CT molecular complexity index is 971. The van der Waals surface area contributed by atoms with Crippen LogP contribution in [0.15, 0.2) is 41.8 Å². The Labute approximate surface area is 160 Å². The Balaban J connectivity index is 1.98. The van der Waals surface area contributed by atoms with Crippen molar-refractivity contribution in [3.63, 3.8) is 0 Å². The van der Waals surface area contributed by atoms with Crippen LogP contribution in [-0.2, 0) is 5.41 Å². The van der Waals surface area contributed by atoms with Crippen LogP contribution in [0.25, 0.3) is 0 Å². The van der Waals surface area contributed by atoms with Gasteiger partial charge in [0.25, 0.3) is 0 Å². The van der Waals surface area contributed by atoms with Gasteiger partial charge in [-0.05, 0) is 66.0 Å². The van der Waals surface area contributed by atoms with Crippen LogP contribution in [0.4, 0.5) is 17.1 Å². The maximum atomic E-state index is 6.18. The Morgan fingerprint density at radius 3 is 2.19 bits per heavy atom. The molecule has 2 aromatic carbocycles. The van der Waals surface area contributed by atoms with E-state index in [0.717, 1.165) is 16.5 Å². The third-order valence-electron chi connectivity index (χ3n) is 5.02. The van der Waals surface area contributed by atoms with E-state index in [1.54, 1.807) is 11.3 Å². The summed E-state index contributed by atoms with van der Waals surface area (Å²) in [5, 5.41) is 3.15. The van der Waals surface area contributed by atoms with Crippen molar-refractivity contribution < 1.29 is 4.74 Å². The van der Waals surface area contributed by atoms with Crippen LogP contribution in [-0.4, -0.2) is 0 Å². The molecule has 3 aromatic rings. The molecule has 0 saturated carbocycles. The number of para-hydroxylation sites is 2. The molecule has 2 heterocycles. The van der Waals surface area contributed by atoms with Gasteiger partial charge in [-0.1, -0.05) is 45.0 Å². The zero-order valence-corrected chi connectivity index (χ0v) is 17.1. The molecule has 3 heteroatoms. The molecule has 26 heavy (non-hydrogen) atoms. The summed E-state index contributed by atoms with van der Waals surface area (Å²) < 4.78 is 6.18. The van der Waals surface area contributed by atoms with E-state index in [9.17, 15) is 0 Å². The number of rotatable bonds is 1. The summed E-state index contributed by atoms with van der Waals surface area (Å²) >= 11 is 1.67. The Kier molecular flexibility index (Phi) is 3.89. The summed E-state index contributed by atoms with van der Waals surface area (Å²) in [5.41, 5.74) is 8.89. The van der Waals surface area contributed by atoms with Gasteiger partial charge in [-0.2, -0.15) is 0 Å². The van der Waals surface area contributed by atoms with Gasteiger partial charge in [0.05, 0.1) is 11.4 Å². The molecule has 0 bridgehead atoms. The number of anilines is 3. The van der Waals surface area contributed by atoms with Crippen molar-refractivity contribution in [1.82, 2.24) is 0 Å². The Morgan fingerprint density at radius 2 is 1.54 bits per heavy atom. The van der Waals surface area contributed by atoms with Crippen molar-refractivity contribution >= 4 is 28.4 Å². The van der Waals surface area contributed by atoms with E-state index in [1.807, 2.05) is 6.07 Å². The predicted molar refractivity (Wildman–Crippen MR) is 112 cm³/mol. The fraction of sp³-hybridized carbons (Fsp3) is 0.304. The summed E-state index contributed by atoms with van der Waals surface area (Å²) in [6, 6.07) is 13.0. The number of nitrogens with zero attached hydrogens (tertiary/aromatic N) is 1. The van der Waals surface area contributed by atoms with E-state index in [1.165, 1.54) is 33.6 Å². The summed E-state index contributed by atoms with van der Waals surface area (Å²) in [4.78, 5) is 2.39. The van der Waals surface area contributed by atoms with Gasteiger partial charge in [0.15, 0.2) is 5.75 Å².